The summed E-state index contributed by atoms with van der Waals surface area (Å²) < 4.78 is 50.4. The number of halogens is 2. The Hall–Kier alpha value is -0.570. The van der Waals surface area contributed by atoms with Crippen LogP contribution >= 0.6 is 11.3 Å². The van der Waals surface area contributed by atoms with Gasteiger partial charge in [-0.15, -0.1) is 11.3 Å². The molecule has 0 aliphatic carbocycles. The van der Waals surface area contributed by atoms with Crippen molar-refractivity contribution in [1.29, 1.82) is 0 Å². The molecule has 0 amide bonds. The van der Waals surface area contributed by atoms with Crippen molar-refractivity contribution in [3.8, 4) is 0 Å². The van der Waals surface area contributed by atoms with Crippen molar-refractivity contribution in [2.24, 2.45) is 0 Å². The van der Waals surface area contributed by atoms with Gasteiger partial charge in [0.1, 0.15) is 4.21 Å². The third kappa shape index (κ3) is 2.65. The van der Waals surface area contributed by atoms with E-state index < -0.39 is 16.6 Å². The van der Waals surface area contributed by atoms with Crippen LogP contribution in [-0.2, 0) is 10.0 Å². The lowest BCUT2D eigenvalue weighted by molar-refractivity contribution is -0.0418. The van der Waals surface area contributed by atoms with Crippen molar-refractivity contribution in [3.05, 3.63) is 17.5 Å². The van der Waals surface area contributed by atoms with Gasteiger partial charge in [-0.3, -0.25) is 0 Å². The normalized spacial score (nSPS) is 19.9. The van der Waals surface area contributed by atoms with Crippen LogP contribution in [0.1, 0.15) is 0 Å². The molecule has 0 spiro atoms. The molecule has 0 atom stereocenters. The maximum Gasteiger partial charge on any atom is 0.294 e. The van der Waals surface area contributed by atoms with Crippen molar-refractivity contribution < 1.29 is 17.2 Å². The largest absolute Gasteiger partial charge is 0.294 e. The quantitative estimate of drug-likeness (QED) is 0.784. The van der Waals surface area contributed by atoms with Crippen molar-refractivity contribution in [3.63, 3.8) is 0 Å². The first-order chi connectivity index (χ1) is 8.01. The summed E-state index contributed by atoms with van der Waals surface area (Å²) in [6, 6.07) is 3.19. The molecule has 8 heteroatoms. The molecule has 2 rings (SSSR count). The van der Waals surface area contributed by atoms with Crippen molar-refractivity contribution >= 4 is 21.4 Å². The highest BCUT2D eigenvalue weighted by molar-refractivity contribution is 7.91. The lowest BCUT2D eigenvalue weighted by Crippen LogP contribution is -2.49. The second-order valence-electron chi connectivity index (χ2n) is 3.65. The van der Waals surface area contributed by atoms with Gasteiger partial charge in [0, 0.05) is 26.2 Å². The zero-order chi connectivity index (χ0) is 12.5. The van der Waals surface area contributed by atoms with Crippen LogP contribution in [0.5, 0.6) is 0 Å². The van der Waals surface area contributed by atoms with Gasteiger partial charge >= 0.3 is 0 Å². The molecule has 0 aromatic carbocycles. The van der Waals surface area contributed by atoms with Crippen LogP contribution in [0.3, 0.4) is 0 Å². The van der Waals surface area contributed by atoms with Gasteiger partial charge in [-0.25, -0.2) is 13.3 Å². The number of sulfonamides is 1. The van der Waals surface area contributed by atoms with E-state index in [1.807, 2.05) is 0 Å². The number of thiophene rings is 1. The first-order valence-electron chi connectivity index (χ1n) is 5.07. The van der Waals surface area contributed by atoms with E-state index in [9.17, 15) is 17.2 Å². The van der Waals surface area contributed by atoms with E-state index in [2.05, 4.69) is 0 Å². The van der Waals surface area contributed by atoms with E-state index in [0.717, 1.165) is 16.2 Å². The van der Waals surface area contributed by atoms with Crippen molar-refractivity contribution in [1.82, 2.24) is 9.21 Å². The average molecular weight is 282 g/mol. The summed E-state index contributed by atoms with van der Waals surface area (Å²) in [7, 11) is -3.49. The van der Waals surface area contributed by atoms with Crippen molar-refractivity contribution in [2.75, 3.05) is 26.2 Å². The Morgan fingerprint density at radius 1 is 1.24 bits per heavy atom. The second-order valence-corrected chi connectivity index (χ2v) is 6.76. The van der Waals surface area contributed by atoms with E-state index in [4.69, 9.17) is 0 Å². The van der Waals surface area contributed by atoms with Gasteiger partial charge in [0.05, 0.1) is 0 Å². The topological polar surface area (TPSA) is 40.6 Å². The van der Waals surface area contributed by atoms with E-state index in [0.29, 0.717) is 0 Å². The van der Waals surface area contributed by atoms with Crippen LogP contribution in [-0.4, -0.2) is 50.4 Å². The van der Waals surface area contributed by atoms with Crippen LogP contribution in [0, 0.1) is 0 Å². The fraction of sp³-hybridized carbons (Fsp3) is 0.556. The summed E-state index contributed by atoms with van der Waals surface area (Å²) >= 11 is 1.14. The Morgan fingerprint density at radius 2 is 1.88 bits per heavy atom. The highest BCUT2D eigenvalue weighted by Crippen LogP contribution is 2.22. The molecule has 0 saturated carbocycles. The summed E-state index contributed by atoms with van der Waals surface area (Å²) in [4.78, 5) is 0.973. The predicted octanol–water partition coefficient (Wildman–Crippen LogP) is 1.28. The van der Waals surface area contributed by atoms with E-state index in [1.165, 1.54) is 10.4 Å². The summed E-state index contributed by atoms with van der Waals surface area (Å²) in [5, 5.41) is 1.68. The lowest BCUT2D eigenvalue weighted by Gasteiger charge is -2.32. The standard InChI is InChI=1S/C9H12F2N2O2S2/c10-9(11)12-3-5-13(6-4-12)17(14,15)8-2-1-7-16-8/h1-2,7,9H,3-6H2. The monoisotopic (exact) mass is 282 g/mol. The number of hydrogen-bond donors (Lipinski definition) is 0. The minimum atomic E-state index is -3.49. The van der Waals surface area contributed by atoms with Gasteiger partial charge in [0.2, 0.25) is 0 Å². The number of hydrogen-bond acceptors (Lipinski definition) is 4. The summed E-state index contributed by atoms with van der Waals surface area (Å²) in [5.41, 5.74) is 0. The smallest absolute Gasteiger partial charge is 0.245 e. The maximum atomic E-state index is 12.4. The first-order valence-corrected chi connectivity index (χ1v) is 7.39. The van der Waals surface area contributed by atoms with Crippen LogP contribution in [0.15, 0.2) is 21.7 Å². The molecular formula is C9H12F2N2O2S2. The van der Waals surface area contributed by atoms with Crippen LogP contribution in [0.4, 0.5) is 8.78 Å². The van der Waals surface area contributed by atoms with Gasteiger partial charge in [-0.05, 0) is 11.4 Å². The molecule has 96 valence electrons. The summed E-state index contributed by atoms with van der Waals surface area (Å²) in [6.07, 6.45) is 0. The molecule has 0 unspecified atom stereocenters. The molecule has 4 nitrogen and oxygen atoms in total. The molecule has 0 radical (unpaired) electrons. The van der Waals surface area contributed by atoms with Gasteiger partial charge in [-0.1, -0.05) is 6.07 Å². The molecule has 0 bridgehead atoms. The minimum Gasteiger partial charge on any atom is -0.245 e. The summed E-state index contributed by atoms with van der Waals surface area (Å²) in [6.45, 7) is -2.14. The minimum absolute atomic E-state index is 0.0717. The molecule has 1 aromatic rings. The van der Waals surface area contributed by atoms with Crippen LogP contribution in [0.25, 0.3) is 0 Å². The van der Waals surface area contributed by atoms with Crippen LogP contribution in [0.2, 0.25) is 0 Å². The second kappa shape index (κ2) is 4.97. The molecule has 1 aliphatic rings. The number of nitrogens with zero attached hydrogens (tertiary/aromatic N) is 2. The average Bonchev–Trinajstić information content (AvgIpc) is 2.83. The first kappa shape index (κ1) is 12.9. The number of piperazine rings is 1. The molecule has 17 heavy (non-hydrogen) atoms. The molecule has 1 fully saturated rings. The zero-order valence-corrected chi connectivity index (χ0v) is 10.6. The fourth-order valence-corrected chi connectivity index (χ4v) is 4.24. The lowest BCUT2D eigenvalue weighted by atomic mass is 10.4. The Balaban J connectivity index is 2.07. The fourth-order valence-electron chi connectivity index (χ4n) is 1.68. The highest BCUT2D eigenvalue weighted by atomic mass is 32.2. The Kier molecular flexibility index (Phi) is 3.76. The SMILES string of the molecule is O=S(=O)(c1cccs1)N1CCN(C(F)F)CC1. The van der Waals surface area contributed by atoms with Gasteiger partial charge in [0.15, 0.2) is 0 Å². The molecule has 1 aromatic heterocycles. The van der Waals surface area contributed by atoms with Gasteiger partial charge < -0.3 is 0 Å². The Morgan fingerprint density at radius 3 is 2.35 bits per heavy atom. The van der Waals surface area contributed by atoms with Gasteiger partial charge in [0.25, 0.3) is 16.6 Å². The van der Waals surface area contributed by atoms with Crippen molar-refractivity contribution in [2.45, 2.75) is 10.8 Å². The number of rotatable bonds is 3. The Labute approximate surface area is 103 Å². The highest BCUT2D eigenvalue weighted by Gasteiger charge is 2.31. The van der Waals surface area contributed by atoms with E-state index >= 15 is 0 Å². The predicted molar refractivity (Wildman–Crippen MR) is 60.7 cm³/mol. The molecule has 1 aliphatic heterocycles. The maximum absolute atomic E-state index is 12.4. The Bertz CT molecular complexity index is 453. The molecule has 0 N–H and O–H groups in total. The van der Waals surface area contributed by atoms with E-state index in [-0.39, 0.29) is 30.4 Å². The molecule has 1 saturated heterocycles. The zero-order valence-electron chi connectivity index (χ0n) is 8.92. The van der Waals surface area contributed by atoms with E-state index in [1.54, 1.807) is 11.4 Å². The third-order valence-corrected chi connectivity index (χ3v) is 5.91. The third-order valence-electron chi connectivity index (χ3n) is 2.64. The van der Waals surface area contributed by atoms with Gasteiger partial charge in [-0.2, -0.15) is 13.1 Å². The molecular weight excluding hydrogens is 270 g/mol. The van der Waals surface area contributed by atoms with Crippen LogP contribution < -0.4 is 0 Å². The summed E-state index contributed by atoms with van der Waals surface area (Å²) in [5.74, 6) is 0. The molecule has 2 heterocycles. The number of alkyl halides is 2.